The van der Waals surface area contributed by atoms with Gasteiger partial charge in [-0.15, -0.1) is 3.89 Å². The van der Waals surface area contributed by atoms with E-state index in [0.29, 0.717) is 22.1 Å². The largest absolute Gasteiger partial charge is 0.372 e. The number of fused-ring (bicyclic) bond motifs is 1. The lowest BCUT2D eigenvalue weighted by atomic mass is 10.2. The van der Waals surface area contributed by atoms with Crippen molar-refractivity contribution >= 4 is 40.7 Å². The fourth-order valence-electron chi connectivity index (χ4n) is 2.22. The number of nitrogens with one attached hydrogen (secondary N) is 1. The molecule has 2 heterocycles. The molecule has 0 fully saturated rings. The molecule has 114 valence electrons. The number of benzene rings is 1. The summed E-state index contributed by atoms with van der Waals surface area (Å²) in [7, 11) is 1.69. The zero-order valence-electron chi connectivity index (χ0n) is 11.5. The van der Waals surface area contributed by atoms with Crippen LogP contribution in [0.25, 0.3) is 10.9 Å². The van der Waals surface area contributed by atoms with Gasteiger partial charge >= 0.3 is 5.69 Å². The van der Waals surface area contributed by atoms with Crippen molar-refractivity contribution in [1.82, 2.24) is 18.5 Å². The summed E-state index contributed by atoms with van der Waals surface area (Å²) in [5.41, 5.74) is 0.758. The smallest absolute Gasteiger partial charge is 0.350 e. The first-order chi connectivity index (χ1) is 10.6. The molecule has 0 atom stereocenters. The summed E-state index contributed by atoms with van der Waals surface area (Å²) in [6.45, 7) is 0.181. The van der Waals surface area contributed by atoms with Gasteiger partial charge in [-0.05, 0) is 18.2 Å². The fraction of sp³-hybridized carbons (Fsp3) is 0.154. The molecular formula is C13H11ClFN5OS. The van der Waals surface area contributed by atoms with E-state index in [-0.39, 0.29) is 18.9 Å². The molecule has 0 saturated heterocycles. The molecule has 6 nitrogen and oxygen atoms in total. The minimum absolute atomic E-state index is 0.0366. The van der Waals surface area contributed by atoms with Crippen molar-refractivity contribution in [3.8, 4) is 0 Å². The molecule has 0 spiro atoms. The maximum Gasteiger partial charge on any atom is 0.350 e. The predicted molar refractivity (Wildman–Crippen MR) is 86.0 cm³/mol. The summed E-state index contributed by atoms with van der Waals surface area (Å²) in [4.78, 5) is 20.3. The zero-order chi connectivity index (χ0) is 15.7. The lowest BCUT2D eigenvalue weighted by Gasteiger charge is -2.11. The summed E-state index contributed by atoms with van der Waals surface area (Å²) >= 11 is 6.08. The molecule has 0 unspecified atom stereocenters. The van der Waals surface area contributed by atoms with Crippen LogP contribution in [0.5, 0.6) is 0 Å². The van der Waals surface area contributed by atoms with Crippen LogP contribution in [0.15, 0.2) is 35.5 Å². The van der Waals surface area contributed by atoms with Gasteiger partial charge in [0, 0.05) is 23.7 Å². The second kappa shape index (κ2) is 5.98. The van der Waals surface area contributed by atoms with Gasteiger partial charge in [-0.2, -0.15) is 4.98 Å². The molecular weight excluding hydrogens is 329 g/mol. The highest BCUT2D eigenvalue weighted by Crippen LogP contribution is 2.23. The second-order valence-electron chi connectivity index (χ2n) is 4.53. The van der Waals surface area contributed by atoms with E-state index in [1.54, 1.807) is 25.2 Å². The highest BCUT2D eigenvalue weighted by molar-refractivity contribution is 7.92. The number of nitrogens with zero attached hydrogens (tertiary/aromatic N) is 4. The van der Waals surface area contributed by atoms with E-state index in [1.165, 1.54) is 21.1 Å². The van der Waals surface area contributed by atoms with Gasteiger partial charge in [-0.3, -0.25) is 8.54 Å². The van der Waals surface area contributed by atoms with E-state index >= 15 is 0 Å². The van der Waals surface area contributed by atoms with Crippen molar-refractivity contribution < 1.29 is 3.89 Å². The number of rotatable bonds is 4. The number of hydrogen-bond donors (Lipinski definition) is 1. The lowest BCUT2D eigenvalue weighted by molar-refractivity contribution is 0.748. The first kappa shape index (κ1) is 14.9. The summed E-state index contributed by atoms with van der Waals surface area (Å²) in [6.07, 6.45) is 2.86. The summed E-state index contributed by atoms with van der Waals surface area (Å²) in [5, 5.41) is 4.18. The van der Waals surface area contributed by atoms with Crippen LogP contribution in [-0.2, 0) is 6.54 Å². The van der Waals surface area contributed by atoms with Crippen molar-refractivity contribution in [3.05, 3.63) is 51.9 Å². The van der Waals surface area contributed by atoms with Gasteiger partial charge in [0.25, 0.3) is 0 Å². The molecule has 3 aromatic rings. The minimum atomic E-state index is -0.429. The predicted octanol–water partition coefficient (Wildman–Crippen LogP) is 2.72. The Balaban J connectivity index is 2.17. The van der Waals surface area contributed by atoms with Crippen LogP contribution in [0.3, 0.4) is 0 Å². The van der Waals surface area contributed by atoms with Crippen LogP contribution >= 0.6 is 23.9 Å². The molecule has 9 heteroatoms. The molecule has 1 aromatic carbocycles. The topological polar surface area (TPSA) is 64.7 Å². The Labute approximate surface area is 134 Å². The van der Waals surface area contributed by atoms with Gasteiger partial charge < -0.3 is 5.32 Å². The van der Waals surface area contributed by atoms with E-state index in [0.717, 1.165) is 5.39 Å². The number of aromatic nitrogens is 4. The Morgan fingerprint density at radius 2 is 2.27 bits per heavy atom. The van der Waals surface area contributed by atoms with Crippen molar-refractivity contribution in [2.24, 2.45) is 0 Å². The Morgan fingerprint density at radius 3 is 2.95 bits per heavy atom. The molecule has 1 N–H and O–H groups in total. The number of anilines is 1. The van der Waals surface area contributed by atoms with Crippen LogP contribution in [0.2, 0.25) is 5.02 Å². The first-order valence-corrected chi connectivity index (χ1v) is 7.37. The molecule has 0 bridgehead atoms. The Kier molecular flexibility index (Phi) is 4.04. The molecule has 0 amide bonds. The fourth-order valence-corrected chi connectivity index (χ4v) is 2.63. The molecule has 0 aliphatic rings. The Morgan fingerprint density at radius 1 is 1.45 bits per heavy atom. The maximum atomic E-state index is 12.5. The van der Waals surface area contributed by atoms with E-state index in [4.69, 9.17) is 11.6 Å². The van der Waals surface area contributed by atoms with Crippen molar-refractivity contribution in [2.45, 2.75) is 6.54 Å². The average Bonchev–Trinajstić information content (AvgIpc) is 2.97. The molecule has 0 radical (unpaired) electrons. The SMILES string of the molecule is CNc1nc(=O)n(Cc2cn(SF)cn2)c2cc(Cl)ccc12. The van der Waals surface area contributed by atoms with Crippen molar-refractivity contribution in [2.75, 3.05) is 12.4 Å². The highest BCUT2D eigenvalue weighted by Gasteiger charge is 2.12. The van der Waals surface area contributed by atoms with Gasteiger partial charge in [-0.1, -0.05) is 11.6 Å². The summed E-state index contributed by atoms with van der Waals surface area (Å²) < 4.78 is 15.2. The quantitative estimate of drug-likeness (QED) is 0.791. The molecule has 22 heavy (non-hydrogen) atoms. The zero-order valence-corrected chi connectivity index (χ0v) is 13.0. The third-order valence-corrected chi connectivity index (χ3v) is 3.79. The monoisotopic (exact) mass is 339 g/mol. The first-order valence-electron chi connectivity index (χ1n) is 6.32. The highest BCUT2D eigenvalue weighted by atomic mass is 35.5. The van der Waals surface area contributed by atoms with E-state index in [2.05, 4.69) is 15.3 Å². The van der Waals surface area contributed by atoms with Crippen LogP contribution in [0, 0.1) is 0 Å². The average molecular weight is 340 g/mol. The lowest BCUT2D eigenvalue weighted by Crippen LogP contribution is -2.25. The van der Waals surface area contributed by atoms with Gasteiger partial charge in [-0.25, -0.2) is 9.78 Å². The van der Waals surface area contributed by atoms with E-state index in [1.807, 2.05) is 0 Å². The van der Waals surface area contributed by atoms with Crippen LogP contribution in [-0.4, -0.2) is 25.6 Å². The normalized spacial score (nSPS) is 11.0. The standard InChI is InChI=1S/C13H11ClFN5OS/c1-16-12-10-3-2-8(14)4-11(10)20(13(21)18-12)6-9-5-19(22-15)7-17-9/h2-5,7H,6H2,1H3,(H,16,18,21). The maximum absolute atomic E-state index is 12.5. The Bertz CT molecular complexity index is 894. The summed E-state index contributed by atoms with van der Waals surface area (Å²) in [6, 6.07) is 5.22. The molecule has 3 rings (SSSR count). The third-order valence-electron chi connectivity index (χ3n) is 3.19. The van der Waals surface area contributed by atoms with E-state index in [9.17, 15) is 8.68 Å². The van der Waals surface area contributed by atoms with Gasteiger partial charge in [0.15, 0.2) is 12.3 Å². The molecule has 0 saturated carbocycles. The van der Waals surface area contributed by atoms with Crippen molar-refractivity contribution in [1.29, 1.82) is 0 Å². The number of hydrogen-bond acceptors (Lipinski definition) is 5. The Hall–Kier alpha value is -2.06. The summed E-state index contributed by atoms with van der Waals surface area (Å²) in [5.74, 6) is 0.484. The molecule has 0 aliphatic carbocycles. The third kappa shape index (κ3) is 2.67. The van der Waals surface area contributed by atoms with E-state index < -0.39 is 5.69 Å². The van der Waals surface area contributed by atoms with Gasteiger partial charge in [0.05, 0.1) is 17.8 Å². The van der Waals surface area contributed by atoms with Gasteiger partial charge in [0.2, 0.25) is 0 Å². The number of imidazole rings is 1. The minimum Gasteiger partial charge on any atom is -0.372 e. The van der Waals surface area contributed by atoms with Gasteiger partial charge in [0.1, 0.15) is 12.1 Å². The number of halogens is 2. The second-order valence-corrected chi connectivity index (χ2v) is 5.53. The van der Waals surface area contributed by atoms with Crippen molar-refractivity contribution in [3.63, 3.8) is 0 Å². The molecule has 0 aliphatic heterocycles. The molecule has 2 aromatic heterocycles. The van der Waals surface area contributed by atoms with Crippen LogP contribution < -0.4 is 11.0 Å². The van der Waals surface area contributed by atoms with Crippen LogP contribution in [0.4, 0.5) is 9.70 Å². The van der Waals surface area contributed by atoms with Crippen LogP contribution in [0.1, 0.15) is 5.69 Å².